The average molecular weight is 367 g/mol. The van der Waals surface area contributed by atoms with Crippen LogP contribution in [0.5, 0.6) is 0 Å². The van der Waals surface area contributed by atoms with Crippen molar-refractivity contribution in [1.82, 2.24) is 9.55 Å². The predicted octanol–water partition coefficient (Wildman–Crippen LogP) is 2.77. The van der Waals surface area contributed by atoms with E-state index < -0.39 is 0 Å². The van der Waals surface area contributed by atoms with Gasteiger partial charge in [-0.25, -0.2) is 4.98 Å². The smallest absolute Gasteiger partial charge is 0.250 e. The molecule has 142 valence electrons. The van der Waals surface area contributed by atoms with Gasteiger partial charge >= 0.3 is 0 Å². The van der Waals surface area contributed by atoms with Gasteiger partial charge in [-0.15, -0.1) is 0 Å². The standard InChI is InChI=1S/C20H25N5O2/c1-4-8-25-11-15(6-7-20(25)26)23-24-18(5-2)17-10-21-19(9-14(17)3)22-16-12-27-13-16/h5-7,9-11,16,23H,2,4,8,12-13H2,1,3H3,(H,21,22)/b24-18+. The van der Waals surface area contributed by atoms with Gasteiger partial charge in [-0.2, -0.15) is 5.10 Å². The van der Waals surface area contributed by atoms with E-state index in [1.807, 2.05) is 19.9 Å². The van der Waals surface area contributed by atoms with Crippen LogP contribution in [0.3, 0.4) is 0 Å². The first-order chi connectivity index (χ1) is 13.1. The fourth-order valence-corrected chi connectivity index (χ4v) is 2.78. The maximum atomic E-state index is 11.8. The van der Waals surface area contributed by atoms with Crippen LogP contribution in [0.2, 0.25) is 0 Å². The van der Waals surface area contributed by atoms with E-state index in [1.54, 1.807) is 35.2 Å². The van der Waals surface area contributed by atoms with Crippen molar-refractivity contribution in [3.63, 3.8) is 0 Å². The number of ether oxygens (including phenoxy) is 1. The first-order valence-electron chi connectivity index (χ1n) is 9.08. The van der Waals surface area contributed by atoms with Gasteiger partial charge in [0.05, 0.1) is 30.7 Å². The van der Waals surface area contributed by atoms with E-state index >= 15 is 0 Å². The molecule has 1 aliphatic rings. The van der Waals surface area contributed by atoms with Gasteiger partial charge in [0.25, 0.3) is 5.56 Å². The van der Waals surface area contributed by atoms with Gasteiger partial charge in [0, 0.05) is 30.6 Å². The molecular weight excluding hydrogens is 342 g/mol. The summed E-state index contributed by atoms with van der Waals surface area (Å²) in [6.07, 6.45) is 6.14. The van der Waals surface area contributed by atoms with E-state index in [9.17, 15) is 4.79 Å². The SMILES string of the molecule is C=C/C(=N\Nc1ccc(=O)n(CCC)c1)c1cnc(NC2COC2)cc1C. The summed E-state index contributed by atoms with van der Waals surface area (Å²) < 4.78 is 6.84. The van der Waals surface area contributed by atoms with Crippen molar-refractivity contribution >= 4 is 17.2 Å². The van der Waals surface area contributed by atoms with E-state index in [2.05, 4.69) is 27.4 Å². The highest BCUT2D eigenvalue weighted by molar-refractivity contribution is 6.09. The van der Waals surface area contributed by atoms with Crippen molar-refractivity contribution in [1.29, 1.82) is 0 Å². The first-order valence-corrected chi connectivity index (χ1v) is 9.08. The molecule has 3 rings (SSSR count). The molecule has 7 heteroatoms. The average Bonchev–Trinajstić information content (AvgIpc) is 2.62. The summed E-state index contributed by atoms with van der Waals surface area (Å²) in [7, 11) is 0. The number of hydrogen-bond donors (Lipinski definition) is 2. The van der Waals surface area contributed by atoms with Gasteiger partial charge in [-0.05, 0) is 37.1 Å². The lowest BCUT2D eigenvalue weighted by Crippen LogP contribution is -2.40. The summed E-state index contributed by atoms with van der Waals surface area (Å²) in [6.45, 7) is 10.0. The Morgan fingerprint density at radius 3 is 2.93 bits per heavy atom. The second kappa shape index (κ2) is 8.64. The number of nitrogens with zero attached hydrogens (tertiary/aromatic N) is 3. The summed E-state index contributed by atoms with van der Waals surface area (Å²) in [5.74, 6) is 0.826. The van der Waals surface area contributed by atoms with Crippen LogP contribution >= 0.6 is 0 Å². The second-order valence-corrected chi connectivity index (χ2v) is 6.53. The Kier molecular flexibility index (Phi) is 6.03. The quantitative estimate of drug-likeness (QED) is 0.554. The molecule has 2 N–H and O–H groups in total. The van der Waals surface area contributed by atoms with Crippen LogP contribution in [0.25, 0.3) is 0 Å². The number of rotatable bonds is 8. The normalized spacial score (nSPS) is 14.5. The van der Waals surface area contributed by atoms with Gasteiger partial charge in [0.2, 0.25) is 0 Å². The number of hydrazone groups is 1. The van der Waals surface area contributed by atoms with Gasteiger partial charge in [0.15, 0.2) is 0 Å². The topological polar surface area (TPSA) is 80.5 Å². The number of aromatic nitrogens is 2. The zero-order chi connectivity index (χ0) is 19.2. The molecule has 0 unspecified atom stereocenters. The zero-order valence-electron chi connectivity index (χ0n) is 15.7. The van der Waals surface area contributed by atoms with E-state index in [0.717, 1.165) is 29.1 Å². The van der Waals surface area contributed by atoms with Crippen LogP contribution in [0, 0.1) is 6.92 Å². The Morgan fingerprint density at radius 1 is 1.48 bits per heavy atom. The summed E-state index contributed by atoms with van der Waals surface area (Å²) in [5, 5.41) is 7.78. The van der Waals surface area contributed by atoms with Gasteiger partial charge in [-0.3, -0.25) is 10.2 Å². The molecule has 1 saturated heterocycles. The lowest BCUT2D eigenvalue weighted by molar-refractivity contribution is 0.0209. The maximum Gasteiger partial charge on any atom is 0.250 e. The predicted molar refractivity (Wildman–Crippen MR) is 109 cm³/mol. The minimum atomic E-state index is -0.0182. The van der Waals surface area contributed by atoms with Gasteiger partial charge < -0.3 is 14.6 Å². The van der Waals surface area contributed by atoms with E-state index in [1.165, 1.54) is 0 Å². The fraction of sp³-hybridized carbons (Fsp3) is 0.350. The number of pyridine rings is 2. The molecule has 7 nitrogen and oxygen atoms in total. The summed E-state index contributed by atoms with van der Waals surface area (Å²) in [6, 6.07) is 5.58. The Morgan fingerprint density at radius 2 is 2.30 bits per heavy atom. The molecule has 1 fully saturated rings. The van der Waals surface area contributed by atoms with Crippen LogP contribution < -0.4 is 16.3 Å². The third-order valence-corrected chi connectivity index (χ3v) is 4.32. The highest BCUT2D eigenvalue weighted by Crippen LogP contribution is 2.16. The maximum absolute atomic E-state index is 11.8. The number of aryl methyl sites for hydroxylation is 2. The Bertz CT molecular complexity index is 899. The molecule has 0 saturated carbocycles. The Labute approximate surface area is 158 Å². The van der Waals surface area contributed by atoms with Gasteiger partial charge in [0.1, 0.15) is 5.82 Å². The Balaban J connectivity index is 1.76. The third-order valence-electron chi connectivity index (χ3n) is 4.32. The van der Waals surface area contributed by atoms with E-state index in [4.69, 9.17) is 4.74 Å². The van der Waals surface area contributed by atoms with Crippen molar-refractivity contribution in [2.45, 2.75) is 32.9 Å². The largest absolute Gasteiger partial charge is 0.377 e. The summed E-state index contributed by atoms with van der Waals surface area (Å²) >= 11 is 0. The van der Waals surface area contributed by atoms with E-state index in [-0.39, 0.29) is 5.56 Å². The van der Waals surface area contributed by atoms with Crippen molar-refractivity contribution in [2.75, 3.05) is 24.0 Å². The molecule has 0 aromatic carbocycles. The van der Waals surface area contributed by atoms with Crippen molar-refractivity contribution < 1.29 is 4.74 Å². The van der Waals surface area contributed by atoms with Crippen LogP contribution in [0.1, 0.15) is 24.5 Å². The summed E-state index contributed by atoms with van der Waals surface area (Å²) in [4.78, 5) is 16.3. The minimum Gasteiger partial charge on any atom is -0.377 e. The van der Waals surface area contributed by atoms with Crippen LogP contribution in [-0.2, 0) is 11.3 Å². The number of hydrogen-bond acceptors (Lipinski definition) is 6. The molecule has 0 bridgehead atoms. The van der Waals surface area contributed by atoms with Crippen LogP contribution in [-0.4, -0.2) is 34.5 Å². The van der Waals surface area contributed by atoms with Gasteiger partial charge in [-0.1, -0.05) is 13.5 Å². The number of anilines is 2. The molecule has 27 heavy (non-hydrogen) atoms. The van der Waals surface area contributed by atoms with Crippen LogP contribution in [0.15, 0.2) is 53.1 Å². The monoisotopic (exact) mass is 367 g/mol. The lowest BCUT2D eigenvalue weighted by atomic mass is 10.1. The molecule has 0 amide bonds. The number of allylic oxidation sites excluding steroid dienone is 1. The molecule has 0 radical (unpaired) electrons. The molecule has 2 aromatic rings. The summed E-state index contributed by atoms with van der Waals surface area (Å²) in [5.41, 5.74) is 6.37. The highest BCUT2D eigenvalue weighted by Gasteiger charge is 2.18. The van der Waals surface area contributed by atoms with Crippen molar-refractivity contribution in [3.05, 3.63) is 64.7 Å². The lowest BCUT2D eigenvalue weighted by Gasteiger charge is -2.27. The first kappa shape index (κ1) is 18.8. The highest BCUT2D eigenvalue weighted by atomic mass is 16.5. The molecular formula is C20H25N5O2. The molecule has 0 aliphatic carbocycles. The fourth-order valence-electron chi connectivity index (χ4n) is 2.78. The van der Waals surface area contributed by atoms with E-state index in [0.29, 0.717) is 31.5 Å². The number of nitrogens with one attached hydrogen (secondary N) is 2. The van der Waals surface area contributed by atoms with Crippen LogP contribution in [0.4, 0.5) is 11.5 Å². The molecule has 0 spiro atoms. The molecule has 0 atom stereocenters. The Hall–Kier alpha value is -2.93. The molecule has 3 heterocycles. The zero-order valence-corrected chi connectivity index (χ0v) is 15.7. The van der Waals surface area contributed by atoms with Crippen molar-refractivity contribution in [3.8, 4) is 0 Å². The second-order valence-electron chi connectivity index (χ2n) is 6.53. The molecule has 2 aromatic heterocycles. The van der Waals surface area contributed by atoms with Crippen molar-refractivity contribution in [2.24, 2.45) is 5.10 Å². The minimum absolute atomic E-state index is 0.0182. The third kappa shape index (κ3) is 4.62. The molecule has 1 aliphatic heterocycles.